The van der Waals surface area contributed by atoms with E-state index in [9.17, 15) is 0 Å². The number of benzene rings is 1. The van der Waals surface area contributed by atoms with Crippen LogP contribution >= 0.6 is 0 Å². The number of aromatic nitrogens is 2. The van der Waals surface area contributed by atoms with Gasteiger partial charge in [-0.1, -0.05) is 12.1 Å². The van der Waals surface area contributed by atoms with E-state index < -0.39 is 0 Å². The van der Waals surface area contributed by atoms with E-state index in [0.717, 1.165) is 25.5 Å². The molecule has 2 heterocycles. The van der Waals surface area contributed by atoms with Crippen LogP contribution in [0.25, 0.3) is 0 Å². The predicted octanol–water partition coefficient (Wildman–Crippen LogP) is 2.41. The highest BCUT2D eigenvalue weighted by Crippen LogP contribution is 2.26. The lowest BCUT2D eigenvalue weighted by atomic mass is 9.97. The van der Waals surface area contributed by atoms with Gasteiger partial charge in [0.1, 0.15) is 5.82 Å². The fraction of sp³-hybridized carbons (Fsp3) is 0.438. The Bertz CT molecular complexity index is 588. The maximum absolute atomic E-state index is 4.39. The molecule has 1 aliphatic heterocycles. The van der Waals surface area contributed by atoms with Crippen LogP contribution in [0, 0.1) is 0 Å². The van der Waals surface area contributed by atoms with Crippen LogP contribution in [0.4, 0.5) is 5.69 Å². The van der Waals surface area contributed by atoms with Gasteiger partial charge in [-0.25, -0.2) is 4.98 Å². The number of rotatable bonds is 4. The van der Waals surface area contributed by atoms with Crippen LogP contribution in [-0.4, -0.2) is 28.0 Å². The molecule has 0 unspecified atom stereocenters. The largest absolute Gasteiger partial charge is 0.385 e. The monoisotopic (exact) mass is 270 g/mol. The number of aryl methyl sites for hydroxylation is 1. The molecule has 0 saturated carbocycles. The average Bonchev–Trinajstić information content (AvgIpc) is 2.85. The molecule has 1 aromatic heterocycles. The Balaban J connectivity index is 1.73. The molecule has 1 aliphatic rings. The van der Waals surface area contributed by atoms with Crippen molar-refractivity contribution in [3.05, 3.63) is 47.5 Å². The highest BCUT2D eigenvalue weighted by molar-refractivity contribution is 5.56. The molecule has 0 bridgehead atoms. The van der Waals surface area contributed by atoms with Crippen LogP contribution in [0.2, 0.25) is 0 Å². The van der Waals surface area contributed by atoms with E-state index in [2.05, 4.69) is 45.0 Å². The lowest BCUT2D eigenvalue weighted by Gasteiger charge is -2.24. The molecule has 4 nitrogen and oxygen atoms in total. The van der Waals surface area contributed by atoms with E-state index in [-0.39, 0.29) is 0 Å². The molecular formula is C16H22N4. The second kappa shape index (κ2) is 5.67. The number of nitrogens with zero attached hydrogens (tertiary/aromatic N) is 3. The smallest absolute Gasteiger partial charge is 0.122 e. The maximum atomic E-state index is 4.39. The summed E-state index contributed by atoms with van der Waals surface area (Å²) in [7, 11) is 4.20. The van der Waals surface area contributed by atoms with Gasteiger partial charge < -0.3 is 9.88 Å². The predicted molar refractivity (Wildman–Crippen MR) is 81.6 cm³/mol. The summed E-state index contributed by atoms with van der Waals surface area (Å²) in [5.74, 6) is 1.11. The summed E-state index contributed by atoms with van der Waals surface area (Å²) in [5, 5.41) is 3.50. The van der Waals surface area contributed by atoms with Gasteiger partial charge in [-0.15, -0.1) is 0 Å². The molecule has 4 heteroatoms. The van der Waals surface area contributed by atoms with Crippen molar-refractivity contribution >= 4 is 5.69 Å². The van der Waals surface area contributed by atoms with Crippen molar-refractivity contribution < 1.29 is 0 Å². The molecule has 0 fully saturated rings. The molecular weight excluding hydrogens is 248 g/mol. The molecule has 0 aliphatic carbocycles. The first-order valence-corrected chi connectivity index (χ1v) is 7.23. The normalized spacial score (nSPS) is 14.2. The first kappa shape index (κ1) is 13.2. The molecule has 1 aromatic carbocycles. The zero-order chi connectivity index (χ0) is 13.9. The molecule has 0 amide bonds. The molecule has 3 rings (SSSR count). The quantitative estimate of drug-likeness (QED) is 0.926. The molecule has 0 radical (unpaired) electrons. The highest BCUT2D eigenvalue weighted by atomic mass is 15.1. The summed E-state index contributed by atoms with van der Waals surface area (Å²) in [6, 6.07) is 6.60. The third-order valence-electron chi connectivity index (χ3n) is 3.96. The third-order valence-corrected chi connectivity index (χ3v) is 3.96. The highest BCUT2D eigenvalue weighted by Gasteiger charge is 2.14. The van der Waals surface area contributed by atoms with Crippen LogP contribution < -0.4 is 5.32 Å². The summed E-state index contributed by atoms with van der Waals surface area (Å²) >= 11 is 0. The fourth-order valence-electron chi connectivity index (χ4n) is 2.87. The number of hydrogen-bond donors (Lipinski definition) is 1. The number of anilines is 1. The minimum Gasteiger partial charge on any atom is -0.385 e. The van der Waals surface area contributed by atoms with E-state index in [1.54, 1.807) is 0 Å². The van der Waals surface area contributed by atoms with Crippen LogP contribution in [0.3, 0.4) is 0 Å². The summed E-state index contributed by atoms with van der Waals surface area (Å²) < 4.78 is 2.08. The Kier molecular flexibility index (Phi) is 3.74. The second-order valence-electron chi connectivity index (χ2n) is 5.60. The molecule has 0 saturated heterocycles. The standard InChI is InChI=1S/C16H22N4/c1-19(12-16-18-9-10-20(16)2)11-13-5-3-7-15-14(13)6-4-8-17-15/h3,5,7,9-10,17H,4,6,8,11-12H2,1-2H3. The first-order valence-electron chi connectivity index (χ1n) is 7.23. The summed E-state index contributed by atoms with van der Waals surface area (Å²) in [4.78, 5) is 6.72. The van der Waals surface area contributed by atoms with Gasteiger partial charge in [-0.05, 0) is 37.1 Å². The molecule has 0 atom stereocenters. The fourth-order valence-corrected chi connectivity index (χ4v) is 2.87. The van der Waals surface area contributed by atoms with E-state index in [0.29, 0.717) is 0 Å². The van der Waals surface area contributed by atoms with Crippen molar-refractivity contribution in [3.63, 3.8) is 0 Å². The third kappa shape index (κ3) is 2.70. The molecule has 20 heavy (non-hydrogen) atoms. The van der Waals surface area contributed by atoms with Crippen molar-refractivity contribution in [1.29, 1.82) is 0 Å². The topological polar surface area (TPSA) is 33.1 Å². The van der Waals surface area contributed by atoms with E-state index in [1.165, 1.54) is 29.7 Å². The van der Waals surface area contributed by atoms with Crippen LogP contribution in [0.1, 0.15) is 23.4 Å². The van der Waals surface area contributed by atoms with Gasteiger partial charge in [0.2, 0.25) is 0 Å². The number of imidazole rings is 1. The molecule has 2 aromatic rings. The van der Waals surface area contributed by atoms with Gasteiger partial charge in [0, 0.05) is 38.2 Å². The van der Waals surface area contributed by atoms with Crippen molar-refractivity contribution in [1.82, 2.24) is 14.5 Å². The number of fused-ring (bicyclic) bond motifs is 1. The zero-order valence-corrected chi connectivity index (χ0v) is 12.3. The zero-order valence-electron chi connectivity index (χ0n) is 12.3. The van der Waals surface area contributed by atoms with Crippen molar-refractivity contribution in [2.24, 2.45) is 7.05 Å². The molecule has 106 valence electrons. The van der Waals surface area contributed by atoms with Crippen LogP contribution in [0.15, 0.2) is 30.6 Å². The Labute approximate surface area is 120 Å². The van der Waals surface area contributed by atoms with E-state index in [1.807, 2.05) is 19.4 Å². The Morgan fingerprint density at radius 3 is 3.05 bits per heavy atom. The van der Waals surface area contributed by atoms with Crippen molar-refractivity contribution in [2.75, 3.05) is 18.9 Å². The SMILES string of the molecule is CN(Cc1cccc2c1CCCN2)Cc1nccn1C. The lowest BCUT2D eigenvalue weighted by molar-refractivity contribution is 0.306. The minimum absolute atomic E-state index is 0.876. The van der Waals surface area contributed by atoms with Crippen LogP contribution in [0.5, 0.6) is 0 Å². The van der Waals surface area contributed by atoms with Gasteiger partial charge >= 0.3 is 0 Å². The maximum Gasteiger partial charge on any atom is 0.122 e. The van der Waals surface area contributed by atoms with Crippen molar-refractivity contribution in [3.8, 4) is 0 Å². The minimum atomic E-state index is 0.876. The average molecular weight is 270 g/mol. The number of hydrogen-bond acceptors (Lipinski definition) is 3. The van der Waals surface area contributed by atoms with Gasteiger partial charge in [-0.2, -0.15) is 0 Å². The number of nitrogens with one attached hydrogen (secondary N) is 1. The summed E-state index contributed by atoms with van der Waals surface area (Å²) in [6.45, 7) is 2.94. The molecule has 0 spiro atoms. The van der Waals surface area contributed by atoms with Crippen molar-refractivity contribution in [2.45, 2.75) is 25.9 Å². The van der Waals surface area contributed by atoms with Gasteiger partial charge in [-0.3, -0.25) is 4.90 Å². The van der Waals surface area contributed by atoms with Gasteiger partial charge in [0.05, 0.1) is 6.54 Å². The van der Waals surface area contributed by atoms with E-state index >= 15 is 0 Å². The molecule has 1 N–H and O–H groups in total. The summed E-state index contributed by atoms with van der Waals surface area (Å²) in [5.41, 5.74) is 4.25. The van der Waals surface area contributed by atoms with Crippen LogP contribution in [-0.2, 0) is 26.6 Å². The van der Waals surface area contributed by atoms with Gasteiger partial charge in [0.25, 0.3) is 0 Å². The Hall–Kier alpha value is -1.81. The van der Waals surface area contributed by atoms with Gasteiger partial charge in [0.15, 0.2) is 0 Å². The Morgan fingerprint density at radius 1 is 1.35 bits per heavy atom. The first-order chi connectivity index (χ1) is 9.74. The Morgan fingerprint density at radius 2 is 2.25 bits per heavy atom. The lowest BCUT2D eigenvalue weighted by Crippen LogP contribution is -2.21. The second-order valence-corrected chi connectivity index (χ2v) is 5.60. The van der Waals surface area contributed by atoms with E-state index in [4.69, 9.17) is 0 Å². The summed E-state index contributed by atoms with van der Waals surface area (Å²) in [6.07, 6.45) is 6.27.